The summed E-state index contributed by atoms with van der Waals surface area (Å²) in [6.45, 7) is 40.5. The number of hydrogen-bond acceptors (Lipinski definition) is 18. The fraction of sp³-hybridized carbons (Fsp3) is 0.125. The molecule has 0 aliphatic rings. The average Bonchev–Trinajstić information content (AvgIpc) is 3.46. The molecule has 0 aliphatic carbocycles. The summed E-state index contributed by atoms with van der Waals surface area (Å²) in [5.74, 6) is 2.09. The van der Waals surface area contributed by atoms with Gasteiger partial charge in [0.25, 0.3) is 34.1 Å². The predicted molar refractivity (Wildman–Crippen MR) is 275 cm³/mol. The van der Waals surface area contributed by atoms with Crippen molar-refractivity contribution in [3.05, 3.63) is 238 Å². The van der Waals surface area contributed by atoms with Gasteiger partial charge in [0.2, 0.25) is 34.1 Å². The fourth-order valence-corrected chi connectivity index (χ4v) is 5.28. The number of non-ortho nitro benzene ring substituents is 6. The number of nitro benzene ring substituents is 6. The smallest absolute Gasteiger partial charge is 0.508 e. The van der Waals surface area contributed by atoms with Crippen LogP contribution >= 0.6 is 0 Å². The Hall–Kier alpha value is -11.9. The van der Waals surface area contributed by atoms with Crippen LogP contribution in [0.25, 0.3) is 29.1 Å². The van der Waals surface area contributed by atoms with E-state index in [0.29, 0.717) is 34.5 Å². The predicted octanol–water partition coefficient (Wildman–Crippen LogP) is 12.9. The number of ether oxygens (including phenoxy) is 6. The Kier molecular flexibility index (Phi) is 29.3. The van der Waals surface area contributed by atoms with Crippen molar-refractivity contribution in [2.75, 3.05) is 42.7 Å². The van der Waals surface area contributed by atoms with Gasteiger partial charge in [-0.15, -0.1) is 0 Å². The van der Waals surface area contributed by atoms with E-state index in [-0.39, 0.29) is 88.4 Å². The Morgan fingerprint density at radius 1 is 0.278 bits per heavy atom. The molecule has 6 aromatic carbocycles. The third kappa shape index (κ3) is 20.9. The molecular formula is C48H36N12O18Tc+6. The van der Waals surface area contributed by atoms with Crippen molar-refractivity contribution < 1.29 is 78.1 Å². The number of rotatable bonds is 12. The van der Waals surface area contributed by atoms with Gasteiger partial charge in [-0.2, -0.15) is 0 Å². The maximum absolute atomic E-state index is 10.3. The van der Waals surface area contributed by atoms with Gasteiger partial charge in [-0.3, -0.25) is 60.7 Å². The molecule has 1 radical (unpaired) electrons. The third-order valence-electron chi connectivity index (χ3n) is 8.96. The van der Waals surface area contributed by atoms with Crippen LogP contribution in [0.5, 0.6) is 34.5 Å². The maximum atomic E-state index is 10.3. The monoisotopic (exact) mass is 1170 g/mol. The van der Waals surface area contributed by atoms with Crippen LogP contribution < -0.4 is 28.4 Å². The molecule has 0 unspecified atom stereocenters. The minimum absolute atomic E-state index is 0. The van der Waals surface area contributed by atoms with Crippen LogP contribution in [-0.4, -0.2) is 72.2 Å². The summed E-state index contributed by atoms with van der Waals surface area (Å²) >= 11 is 0. The van der Waals surface area contributed by atoms with E-state index in [1.165, 1.54) is 152 Å². The van der Waals surface area contributed by atoms with Gasteiger partial charge < -0.3 is 28.4 Å². The first-order valence-electron chi connectivity index (χ1n) is 20.3. The summed E-state index contributed by atoms with van der Waals surface area (Å²) in [6, 6.07) is 23.4. The number of hydrogen-bond donors (Lipinski definition) is 0. The van der Waals surface area contributed by atoms with E-state index in [9.17, 15) is 60.7 Å². The van der Waals surface area contributed by atoms with E-state index in [1.807, 2.05) is 0 Å². The molecule has 6 aromatic rings. The Bertz CT molecular complexity index is 2880. The van der Waals surface area contributed by atoms with Crippen molar-refractivity contribution in [3.63, 3.8) is 0 Å². The Morgan fingerprint density at radius 2 is 0.392 bits per heavy atom. The minimum Gasteiger partial charge on any atom is -0.508 e. The van der Waals surface area contributed by atoms with E-state index in [4.69, 9.17) is 67.9 Å². The first-order chi connectivity index (χ1) is 37.1. The number of benzene rings is 6. The SMILES string of the molecule is [C-]#[N+]c1cc([N+](=O)[O-])ccc1OC.[C-]#[N+]c1cc([N+](=O)[O-])ccc1OC.[C-]#[N+]c1cc([N+](=O)[O-])ccc1OC.[C-]#[N+]c1cc([N+](=O)[O-])ccc1OC.[C-]#[N+]c1cc([N+](=O)[O-])ccc1OC.[C-]#[N+]c1cc([N+](=O)[O-])ccc1OC.[Tc+6]. The zero-order chi connectivity index (χ0) is 59.1. The first-order valence-corrected chi connectivity index (χ1v) is 20.3. The molecule has 0 atom stereocenters. The quantitative estimate of drug-likeness (QED) is 0.0624. The van der Waals surface area contributed by atoms with Crippen LogP contribution in [0.1, 0.15) is 0 Å². The van der Waals surface area contributed by atoms with Gasteiger partial charge in [0.15, 0.2) is 0 Å². The van der Waals surface area contributed by atoms with Crippen LogP contribution in [0.3, 0.4) is 0 Å². The number of methoxy groups -OCH3 is 6. The van der Waals surface area contributed by atoms with Crippen LogP contribution in [0.4, 0.5) is 68.2 Å². The van der Waals surface area contributed by atoms with E-state index in [1.54, 1.807) is 0 Å². The molecule has 30 nitrogen and oxygen atoms in total. The molecule has 397 valence electrons. The molecule has 0 fully saturated rings. The minimum atomic E-state index is -0.548. The molecule has 0 amide bonds. The van der Waals surface area contributed by atoms with Gasteiger partial charge in [-0.1, -0.05) is 0 Å². The van der Waals surface area contributed by atoms with Crippen molar-refractivity contribution in [1.29, 1.82) is 0 Å². The number of nitro groups is 6. The third-order valence-corrected chi connectivity index (χ3v) is 8.96. The van der Waals surface area contributed by atoms with Gasteiger partial charge in [-0.25, -0.2) is 29.1 Å². The normalized spacial score (nSPS) is 8.81. The Labute approximate surface area is 460 Å². The summed E-state index contributed by atoms with van der Waals surface area (Å²) in [6.07, 6.45) is 0. The van der Waals surface area contributed by atoms with Gasteiger partial charge in [0, 0.05) is 72.8 Å². The van der Waals surface area contributed by atoms with Crippen molar-refractivity contribution in [2.24, 2.45) is 0 Å². The van der Waals surface area contributed by atoms with E-state index >= 15 is 0 Å². The summed E-state index contributed by atoms with van der Waals surface area (Å²) in [4.78, 5) is 77.3. The number of nitrogens with zero attached hydrogens (tertiary/aromatic N) is 12. The Balaban J connectivity index is 0.000000922. The molecule has 0 heterocycles. The van der Waals surface area contributed by atoms with Crippen molar-refractivity contribution in [2.45, 2.75) is 0 Å². The van der Waals surface area contributed by atoms with Crippen LogP contribution in [0, 0.1) is 100 Å². The Morgan fingerprint density at radius 3 is 0.468 bits per heavy atom. The molecule has 31 heteroatoms. The molecule has 0 N–H and O–H groups in total. The summed E-state index contributed by atoms with van der Waals surface area (Å²) in [5, 5.41) is 62.0. The fourth-order valence-electron chi connectivity index (χ4n) is 5.28. The zero-order valence-corrected chi connectivity index (χ0v) is 43.3. The second-order valence-electron chi connectivity index (χ2n) is 13.4. The summed E-state index contributed by atoms with van der Waals surface area (Å²) in [7, 11) is 8.48. The summed E-state index contributed by atoms with van der Waals surface area (Å²) < 4.78 is 29.0. The van der Waals surface area contributed by atoms with E-state index in [0.717, 1.165) is 0 Å². The average molecular weight is 1170 g/mol. The molecule has 0 bridgehead atoms. The standard InChI is InChI=1S/6C8H6N2O3.Tc/c6*1-9-7-5-6(10(11)12)3-4-8(7)13-2;/h6*3-5H,2H3;/q;;;;;;+6. The van der Waals surface area contributed by atoms with Crippen LogP contribution in [0.2, 0.25) is 0 Å². The molecular weight excluding hydrogens is 1130 g/mol. The zero-order valence-electron chi connectivity index (χ0n) is 41.5. The molecule has 0 saturated heterocycles. The summed E-state index contributed by atoms with van der Waals surface area (Å²) in [5.41, 5.74) is 0.269. The topological polar surface area (TPSA) is 340 Å². The molecule has 79 heavy (non-hydrogen) atoms. The van der Waals surface area contributed by atoms with E-state index in [2.05, 4.69) is 29.1 Å². The van der Waals surface area contributed by atoms with Crippen molar-refractivity contribution in [1.82, 2.24) is 0 Å². The van der Waals surface area contributed by atoms with Gasteiger partial charge in [0.05, 0.1) is 112 Å². The van der Waals surface area contributed by atoms with Crippen molar-refractivity contribution >= 4 is 68.2 Å². The van der Waals surface area contributed by atoms with Crippen LogP contribution in [-0.2, 0) is 20.1 Å². The van der Waals surface area contributed by atoms with Crippen LogP contribution in [0.15, 0.2) is 109 Å². The second-order valence-corrected chi connectivity index (χ2v) is 13.4. The second kappa shape index (κ2) is 34.5. The van der Waals surface area contributed by atoms with Gasteiger partial charge in [0.1, 0.15) is 34.5 Å². The maximum Gasteiger partial charge on any atom is 6.00 e. The molecule has 6 rings (SSSR count). The first kappa shape index (κ1) is 67.1. The largest absolute Gasteiger partial charge is 6.00 e. The van der Waals surface area contributed by atoms with E-state index < -0.39 is 29.5 Å². The van der Waals surface area contributed by atoms with Gasteiger partial charge >= 0.3 is 20.1 Å². The van der Waals surface area contributed by atoms with Gasteiger partial charge in [-0.05, 0) is 36.4 Å². The molecule has 0 spiro atoms. The van der Waals surface area contributed by atoms with Crippen molar-refractivity contribution in [3.8, 4) is 34.5 Å². The molecule has 0 aromatic heterocycles. The molecule has 0 aliphatic heterocycles. The molecule has 0 saturated carbocycles.